The van der Waals surface area contributed by atoms with Gasteiger partial charge in [0.1, 0.15) is 18.2 Å². The molecule has 0 aliphatic rings. The van der Waals surface area contributed by atoms with Crippen LogP contribution in [-0.4, -0.2) is 67.7 Å². The van der Waals surface area contributed by atoms with E-state index in [0.29, 0.717) is 13.0 Å². The minimum Gasteiger partial charge on any atom is -0.543 e. The molecule has 0 saturated heterocycles. The summed E-state index contributed by atoms with van der Waals surface area (Å²) in [7, 11) is 0. The fourth-order valence-electron chi connectivity index (χ4n) is 1.21. The molecule has 0 aromatic carbocycles. The van der Waals surface area contributed by atoms with Crippen molar-refractivity contribution in [3.63, 3.8) is 0 Å². The minimum absolute atomic E-state index is 0. The predicted molar refractivity (Wildman–Crippen MR) is 62.0 cm³/mol. The molecule has 0 aliphatic carbocycles. The highest BCUT2D eigenvalue weighted by molar-refractivity contribution is 5.86. The molecule has 0 aromatic rings. The van der Waals surface area contributed by atoms with Crippen LogP contribution in [0.1, 0.15) is 6.92 Å². The Hall–Kier alpha value is -1.56. The van der Waals surface area contributed by atoms with Crippen LogP contribution in [0, 0.1) is 0 Å². The van der Waals surface area contributed by atoms with Crippen molar-refractivity contribution in [1.82, 2.24) is 6.15 Å². The van der Waals surface area contributed by atoms with Gasteiger partial charge in [0.15, 0.2) is 5.60 Å². The molecule has 4 atom stereocenters. The zero-order chi connectivity index (χ0) is 15.4. The summed E-state index contributed by atoms with van der Waals surface area (Å²) >= 11 is 0. The molecule has 0 bridgehead atoms. The maximum atomic E-state index is 10.9. The maximum Gasteiger partial charge on any atom is 0.333 e. The molecule has 0 aromatic heterocycles. The Bertz CT molecular complexity index is 370. The van der Waals surface area contributed by atoms with Gasteiger partial charge in [-0.1, -0.05) is 6.58 Å². The lowest BCUT2D eigenvalue weighted by Crippen LogP contribution is -2.70. The number of rotatable bonds is 7. The van der Waals surface area contributed by atoms with Crippen LogP contribution >= 0.6 is 0 Å². The molecular formula is C10H19NO9. The molecule has 0 radical (unpaired) electrons. The smallest absolute Gasteiger partial charge is 0.333 e. The van der Waals surface area contributed by atoms with Crippen molar-refractivity contribution in [1.29, 1.82) is 0 Å². The molecule has 20 heavy (non-hydrogen) atoms. The molecule has 0 amide bonds. The van der Waals surface area contributed by atoms with E-state index < -0.39 is 42.1 Å². The van der Waals surface area contributed by atoms with Crippen LogP contribution in [0.15, 0.2) is 12.7 Å². The molecule has 10 heteroatoms. The fourth-order valence-corrected chi connectivity index (χ4v) is 1.21. The van der Waals surface area contributed by atoms with Gasteiger partial charge in [0.25, 0.3) is 5.79 Å². The lowest BCUT2D eigenvalue weighted by atomic mass is 9.86. The van der Waals surface area contributed by atoms with Gasteiger partial charge < -0.3 is 46.3 Å². The topological polar surface area (TPSA) is 204 Å². The van der Waals surface area contributed by atoms with E-state index in [1.54, 1.807) is 0 Å². The van der Waals surface area contributed by atoms with Gasteiger partial charge in [-0.05, 0) is 6.92 Å². The Balaban J connectivity index is 0. The Morgan fingerprint density at radius 2 is 1.85 bits per heavy atom. The van der Waals surface area contributed by atoms with E-state index in [1.165, 1.54) is 0 Å². The van der Waals surface area contributed by atoms with Crippen LogP contribution in [-0.2, 0) is 14.3 Å². The second kappa shape index (κ2) is 7.28. The van der Waals surface area contributed by atoms with Crippen LogP contribution in [0.5, 0.6) is 0 Å². The van der Waals surface area contributed by atoms with Crippen molar-refractivity contribution >= 4 is 11.9 Å². The predicted octanol–water partition coefficient (Wildman–Crippen LogP) is -4.00. The summed E-state index contributed by atoms with van der Waals surface area (Å²) in [5, 5.41) is 57.6. The van der Waals surface area contributed by atoms with E-state index in [0.717, 1.165) is 0 Å². The van der Waals surface area contributed by atoms with Gasteiger partial charge in [-0.2, -0.15) is 0 Å². The van der Waals surface area contributed by atoms with Gasteiger partial charge in [0.05, 0.1) is 6.61 Å². The van der Waals surface area contributed by atoms with E-state index in [-0.39, 0.29) is 6.15 Å². The van der Waals surface area contributed by atoms with Crippen molar-refractivity contribution < 1.29 is 45.0 Å². The highest BCUT2D eigenvalue weighted by Gasteiger charge is 2.57. The molecule has 0 heterocycles. The number of hydrogen-bond acceptors (Lipinski definition) is 9. The highest BCUT2D eigenvalue weighted by Crippen LogP contribution is 2.29. The summed E-state index contributed by atoms with van der Waals surface area (Å²) in [6, 6.07) is 0. The van der Waals surface area contributed by atoms with E-state index in [4.69, 9.17) is 10.2 Å². The molecule has 10 nitrogen and oxygen atoms in total. The number of ether oxygens (including phenoxy) is 1. The van der Waals surface area contributed by atoms with Crippen molar-refractivity contribution in [3.8, 4) is 0 Å². The van der Waals surface area contributed by atoms with Crippen molar-refractivity contribution in [2.75, 3.05) is 6.61 Å². The Labute approximate surface area is 114 Å². The molecular weight excluding hydrogens is 278 g/mol. The molecule has 118 valence electrons. The van der Waals surface area contributed by atoms with Crippen LogP contribution in [0.2, 0.25) is 0 Å². The first kappa shape index (κ1) is 20.8. The molecule has 9 N–H and O–H groups in total. The molecule has 0 saturated carbocycles. The number of quaternary nitrogens is 1. The summed E-state index contributed by atoms with van der Waals surface area (Å²) in [5.41, 5.74) is -3.06. The second-order valence-electron chi connectivity index (χ2n) is 3.90. The van der Waals surface area contributed by atoms with E-state index in [2.05, 4.69) is 11.3 Å². The first-order valence-electron chi connectivity index (χ1n) is 5.03. The van der Waals surface area contributed by atoms with Gasteiger partial charge in [0, 0.05) is 6.08 Å². The quantitative estimate of drug-likeness (QED) is 0.153. The van der Waals surface area contributed by atoms with Crippen molar-refractivity contribution in [2.24, 2.45) is 0 Å². The summed E-state index contributed by atoms with van der Waals surface area (Å²) in [6.45, 7) is 2.48. The first-order valence-corrected chi connectivity index (χ1v) is 5.03. The molecule has 0 rings (SSSR count). The summed E-state index contributed by atoms with van der Waals surface area (Å²) in [5.74, 6) is -7.51. The van der Waals surface area contributed by atoms with Gasteiger partial charge >= 0.3 is 5.97 Å². The Morgan fingerprint density at radius 3 is 2.15 bits per heavy atom. The normalized spacial score (nSPS) is 19.5. The monoisotopic (exact) mass is 297 g/mol. The number of aliphatic hydroxyl groups is 5. The number of carboxylic acid groups (broad SMARTS) is 1. The molecule has 0 spiro atoms. The third kappa shape index (κ3) is 3.72. The third-order valence-electron chi connectivity index (χ3n) is 2.51. The minimum atomic E-state index is -3.66. The Morgan fingerprint density at radius 1 is 1.40 bits per heavy atom. The second-order valence-corrected chi connectivity index (χ2v) is 3.90. The van der Waals surface area contributed by atoms with Crippen molar-refractivity contribution in [2.45, 2.75) is 30.5 Å². The number of carboxylic acids is 1. The number of carbonyl (C=O) groups excluding carboxylic acids is 2. The van der Waals surface area contributed by atoms with Crippen molar-refractivity contribution in [3.05, 3.63) is 12.7 Å². The maximum absolute atomic E-state index is 10.9. The summed E-state index contributed by atoms with van der Waals surface area (Å²) < 4.78 is 4.06. The van der Waals surface area contributed by atoms with Gasteiger partial charge in [-0.15, -0.1) is 0 Å². The third-order valence-corrected chi connectivity index (χ3v) is 2.51. The largest absolute Gasteiger partial charge is 0.543 e. The number of hydrogen-bond donors (Lipinski definition) is 6. The molecule has 0 unspecified atom stereocenters. The lowest BCUT2D eigenvalue weighted by Gasteiger charge is -2.43. The number of aliphatic hydroxyl groups excluding tert-OH is 3. The number of carbonyl (C=O) groups is 2. The van der Waals surface area contributed by atoms with Crippen LogP contribution in [0.4, 0.5) is 0 Å². The summed E-state index contributed by atoms with van der Waals surface area (Å²) in [6.07, 6.45) is -3.85. The van der Waals surface area contributed by atoms with Crippen LogP contribution < -0.4 is 11.3 Å². The lowest BCUT2D eigenvalue weighted by molar-refractivity contribution is -0.377. The zero-order valence-corrected chi connectivity index (χ0v) is 11.0. The SMILES string of the molecule is C=CC(=O)O[C@](O)(C(=O)[O-])[C@@](C)(O)[C@H](O)[C@H](O)CO.[NH4+]. The summed E-state index contributed by atoms with van der Waals surface area (Å²) in [4.78, 5) is 21.8. The van der Waals surface area contributed by atoms with Crippen LogP contribution in [0.25, 0.3) is 0 Å². The highest BCUT2D eigenvalue weighted by atomic mass is 16.7. The fraction of sp³-hybridized carbons (Fsp3) is 0.600. The average Bonchev–Trinajstić information content (AvgIpc) is 2.35. The molecule has 0 fully saturated rings. The zero-order valence-electron chi connectivity index (χ0n) is 11.0. The van der Waals surface area contributed by atoms with E-state index in [1.807, 2.05) is 0 Å². The van der Waals surface area contributed by atoms with Gasteiger partial charge in [0.2, 0.25) is 0 Å². The average molecular weight is 297 g/mol. The molecule has 0 aliphatic heterocycles. The number of aliphatic carboxylic acids is 1. The Kier molecular flexibility index (Phi) is 7.56. The van der Waals surface area contributed by atoms with Gasteiger partial charge in [-0.25, -0.2) is 4.79 Å². The standard InChI is InChI=1S/C10H16O9.H3N/c1-3-6(13)19-10(18,8(15)16)9(2,17)7(14)5(12)4-11;/h3,5,7,11-12,14,17-18H,1,4H2,2H3,(H,15,16);1H3/t5-,7-,9+,10-;/m1./s1. The number of esters is 1. The van der Waals surface area contributed by atoms with Gasteiger partial charge in [-0.3, -0.25) is 0 Å². The van der Waals surface area contributed by atoms with E-state index in [9.17, 15) is 30.0 Å². The first-order chi connectivity index (χ1) is 8.54. The van der Waals surface area contributed by atoms with Crippen LogP contribution in [0.3, 0.4) is 0 Å². The van der Waals surface area contributed by atoms with E-state index >= 15 is 0 Å².